The van der Waals surface area contributed by atoms with Gasteiger partial charge in [-0.05, 0) is 44.2 Å². The zero-order valence-electron chi connectivity index (χ0n) is 17.0. The van der Waals surface area contributed by atoms with Crippen LogP contribution in [0.15, 0.2) is 46.9 Å². The summed E-state index contributed by atoms with van der Waals surface area (Å²) >= 11 is 3.45. The smallest absolute Gasteiger partial charge is 0.257 e. The highest BCUT2D eigenvalue weighted by Gasteiger charge is 2.19. The molecule has 1 heterocycles. The molecular formula is C22H23BrN2O4. The van der Waals surface area contributed by atoms with Gasteiger partial charge in [0.05, 0.1) is 26.9 Å². The number of nitrogens with one attached hydrogen (secondary N) is 1. The zero-order chi connectivity index (χ0) is 21.1. The van der Waals surface area contributed by atoms with E-state index in [9.17, 15) is 4.79 Å². The molecule has 1 N–H and O–H groups in total. The fourth-order valence-electron chi connectivity index (χ4n) is 3.33. The van der Waals surface area contributed by atoms with Crippen LogP contribution in [0.3, 0.4) is 0 Å². The van der Waals surface area contributed by atoms with Gasteiger partial charge in [0.15, 0.2) is 11.5 Å². The van der Waals surface area contributed by atoms with Gasteiger partial charge in [-0.25, -0.2) is 0 Å². The van der Waals surface area contributed by atoms with Crippen LogP contribution in [0.1, 0.15) is 21.7 Å². The molecule has 2 aromatic carbocycles. The first kappa shape index (κ1) is 20.8. The summed E-state index contributed by atoms with van der Waals surface area (Å²) in [6.07, 6.45) is 0. The van der Waals surface area contributed by atoms with E-state index in [1.165, 1.54) is 21.3 Å². The molecule has 0 aliphatic rings. The summed E-state index contributed by atoms with van der Waals surface area (Å²) < 4.78 is 19.1. The molecule has 152 valence electrons. The standard InChI is InChI=1S/C22H23BrN2O4/c1-13-10-18(14(2)25(13)17-8-6-15(23)7-9-17)22(26)24-16-11-19(27-3)21(29-5)20(12-16)28-4/h6-12H,1-5H3,(H,24,26). The van der Waals surface area contributed by atoms with E-state index in [1.54, 1.807) is 12.1 Å². The van der Waals surface area contributed by atoms with Crippen molar-refractivity contribution < 1.29 is 19.0 Å². The Balaban J connectivity index is 1.94. The predicted octanol–water partition coefficient (Wildman–Crippen LogP) is 5.13. The maximum absolute atomic E-state index is 13.0. The van der Waals surface area contributed by atoms with E-state index in [0.29, 0.717) is 28.5 Å². The van der Waals surface area contributed by atoms with Crippen LogP contribution in [0.4, 0.5) is 5.69 Å². The van der Waals surface area contributed by atoms with Crippen LogP contribution in [0.2, 0.25) is 0 Å². The van der Waals surface area contributed by atoms with Crippen LogP contribution in [-0.2, 0) is 0 Å². The topological polar surface area (TPSA) is 61.7 Å². The van der Waals surface area contributed by atoms with E-state index < -0.39 is 0 Å². The Bertz CT molecular complexity index is 1020. The Labute approximate surface area is 178 Å². The lowest BCUT2D eigenvalue weighted by Crippen LogP contribution is -2.13. The van der Waals surface area contributed by atoms with Gasteiger partial charge in [-0.2, -0.15) is 0 Å². The second kappa shape index (κ2) is 8.61. The van der Waals surface area contributed by atoms with Gasteiger partial charge in [-0.3, -0.25) is 4.79 Å². The molecule has 0 saturated carbocycles. The fourth-order valence-corrected chi connectivity index (χ4v) is 3.60. The van der Waals surface area contributed by atoms with Crippen LogP contribution >= 0.6 is 15.9 Å². The average Bonchev–Trinajstić information content (AvgIpc) is 3.02. The SMILES string of the molecule is COc1cc(NC(=O)c2cc(C)n(-c3ccc(Br)cc3)c2C)cc(OC)c1OC. The van der Waals surface area contributed by atoms with Crippen molar-refractivity contribution in [3.05, 3.63) is 63.9 Å². The number of benzene rings is 2. The summed E-state index contributed by atoms with van der Waals surface area (Å²) in [5, 5.41) is 2.93. The van der Waals surface area contributed by atoms with E-state index in [4.69, 9.17) is 14.2 Å². The van der Waals surface area contributed by atoms with Crippen molar-refractivity contribution in [2.24, 2.45) is 0 Å². The summed E-state index contributed by atoms with van der Waals surface area (Å²) in [6, 6.07) is 13.2. The van der Waals surface area contributed by atoms with E-state index in [-0.39, 0.29) is 5.91 Å². The summed E-state index contributed by atoms with van der Waals surface area (Å²) in [6.45, 7) is 3.91. The number of nitrogens with zero attached hydrogens (tertiary/aromatic N) is 1. The molecule has 1 amide bonds. The van der Waals surface area contributed by atoms with Gasteiger partial charge in [-0.1, -0.05) is 15.9 Å². The van der Waals surface area contributed by atoms with Crippen LogP contribution in [-0.4, -0.2) is 31.8 Å². The number of aryl methyl sites for hydroxylation is 1. The van der Waals surface area contributed by atoms with Crippen molar-refractivity contribution in [1.82, 2.24) is 4.57 Å². The number of amides is 1. The lowest BCUT2D eigenvalue weighted by Gasteiger charge is -2.15. The van der Waals surface area contributed by atoms with Gasteiger partial charge < -0.3 is 24.1 Å². The first-order chi connectivity index (χ1) is 13.9. The molecule has 29 heavy (non-hydrogen) atoms. The molecule has 3 aromatic rings. The number of methoxy groups -OCH3 is 3. The van der Waals surface area contributed by atoms with E-state index in [2.05, 4.69) is 25.8 Å². The number of ether oxygens (including phenoxy) is 3. The Hall–Kier alpha value is -2.93. The Morgan fingerprint density at radius 2 is 1.52 bits per heavy atom. The molecule has 0 aliphatic heterocycles. The number of carbonyl (C=O) groups is 1. The van der Waals surface area contributed by atoms with E-state index in [0.717, 1.165) is 21.5 Å². The molecule has 3 rings (SSSR count). The minimum absolute atomic E-state index is 0.212. The number of carbonyl (C=O) groups excluding carboxylic acids is 1. The summed E-state index contributed by atoms with van der Waals surface area (Å²) in [5.41, 5.74) is 3.97. The van der Waals surface area contributed by atoms with Crippen LogP contribution in [0.5, 0.6) is 17.2 Å². The summed E-state index contributed by atoms with van der Waals surface area (Å²) in [4.78, 5) is 13.0. The number of rotatable bonds is 6. The van der Waals surface area contributed by atoms with Crippen molar-refractivity contribution in [3.63, 3.8) is 0 Å². The summed E-state index contributed by atoms with van der Waals surface area (Å²) in [7, 11) is 4.61. The van der Waals surface area contributed by atoms with Crippen molar-refractivity contribution in [1.29, 1.82) is 0 Å². The van der Waals surface area contributed by atoms with Gasteiger partial charge in [0.2, 0.25) is 5.75 Å². The molecule has 0 fully saturated rings. The van der Waals surface area contributed by atoms with Crippen molar-refractivity contribution in [3.8, 4) is 22.9 Å². The third kappa shape index (κ3) is 4.10. The van der Waals surface area contributed by atoms with Gasteiger partial charge in [0.1, 0.15) is 0 Å². The monoisotopic (exact) mass is 458 g/mol. The number of hydrogen-bond acceptors (Lipinski definition) is 4. The maximum atomic E-state index is 13.0. The van der Waals surface area contributed by atoms with Gasteiger partial charge >= 0.3 is 0 Å². The zero-order valence-corrected chi connectivity index (χ0v) is 18.6. The average molecular weight is 459 g/mol. The largest absolute Gasteiger partial charge is 0.493 e. The minimum Gasteiger partial charge on any atom is -0.493 e. The molecular weight excluding hydrogens is 436 g/mol. The fraction of sp³-hybridized carbons (Fsp3) is 0.227. The summed E-state index contributed by atoms with van der Waals surface area (Å²) in [5.74, 6) is 1.21. The quantitative estimate of drug-likeness (QED) is 0.555. The molecule has 6 nitrogen and oxygen atoms in total. The molecule has 7 heteroatoms. The molecule has 0 radical (unpaired) electrons. The maximum Gasteiger partial charge on any atom is 0.257 e. The molecule has 0 unspecified atom stereocenters. The minimum atomic E-state index is -0.212. The highest BCUT2D eigenvalue weighted by Crippen LogP contribution is 2.40. The van der Waals surface area contributed by atoms with E-state index in [1.807, 2.05) is 44.2 Å². The molecule has 0 bridgehead atoms. The van der Waals surface area contributed by atoms with Gasteiger partial charge in [0.25, 0.3) is 5.91 Å². The van der Waals surface area contributed by atoms with E-state index >= 15 is 0 Å². The molecule has 0 aliphatic carbocycles. The third-order valence-electron chi connectivity index (χ3n) is 4.68. The van der Waals surface area contributed by atoms with Crippen molar-refractivity contribution in [2.75, 3.05) is 26.6 Å². The van der Waals surface area contributed by atoms with Crippen LogP contribution in [0.25, 0.3) is 5.69 Å². The number of hydrogen-bond donors (Lipinski definition) is 1. The predicted molar refractivity (Wildman–Crippen MR) is 117 cm³/mol. The molecule has 0 saturated heterocycles. The number of halogens is 1. The van der Waals surface area contributed by atoms with Gasteiger partial charge in [-0.15, -0.1) is 0 Å². The van der Waals surface area contributed by atoms with Crippen molar-refractivity contribution in [2.45, 2.75) is 13.8 Å². The Morgan fingerprint density at radius 1 is 0.931 bits per heavy atom. The second-order valence-corrected chi connectivity index (χ2v) is 7.38. The normalized spacial score (nSPS) is 10.6. The molecule has 1 aromatic heterocycles. The number of aromatic nitrogens is 1. The highest BCUT2D eigenvalue weighted by atomic mass is 79.9. The lowest BCUT2D eigenvalue weighted by atomic mass is 10.2. The second-order valence-electron chi connectivity index (χ2n) is 6.46. The third-order valence-corrected chi connectivity index (χ3v) is 5.21. The molecule has 0 spiro atoms. The van der Waals surface area contributed by atoms with Crippen LogP contribution < -0.4 is 19.5 Å². The number of anilines is 1. The first-order valence-electron chi connectivity index (χ1n) is 8.95. The van der Waals surface area contributed by atoms with Crippen LogP contribution in [0, 0.1) is 13.8 Å². The molecule has 0 atom stereocenters. The highest BCUT2D eigenvalue weighted by molar-refractivity contribution is 9.10. The van der Waals surface area contributed by atoms with Crippen molar-refractivity contribution >= 4 is 27.5 Å². The van der Waals surface area contributed by atoms with Gasteiger partial charge in [0, 0.05) is 39.4 Å². The lowest BCUT2D eigenvalue weighted by molar-refractivity contribution is 0.102. The first-order valence-corrected chi connectivity index (χ1v) is 9.75. The Morgan fingerprint density at radius 3 is 2.03 bits per heavy atom. The Kier molecular flexibility index (Phi) is 6.17.